The van der Waals surface area contributed by atoms with E-state index in [-0.39, 0.29) is 5.84 Å². The van der Waals surface area contributed by atoms with Crippen LogP contribution in [0.3, 0.4) is 0 Å². The van der Waals surface area contributed by atoms with Gasteiger partial charge < -0.3 is 10.5 Å². The molecule has 23 heavy (non-hydrogen) atoms. The van der Waals surface area contributed by atoms with Crippen molar-refractivity contribution in [2.45, 2.75) is 32.9 Å². The summed E-state index contributed by atoms with van der Waals surface area (Å²) >= 11 is 1.40. The molecular weight excluding hydrogens is 310 g/mol. The van der Waals surface area contributed by atoms with Gasteiger partial charge in [-0.3, -0.25) is 5.41 Å². The van der Waals surface area contributed by atoms with Gasteiger partial charge in [-0.25, -0.2) is 9.69 Å². The molecule has 2 aromatic rings. The van der Waals surface area contributed by atoms with Crippen LogP contribution in [-0.2, 0) is 11.3 Å². The highest BCUT2D eigenvalue weighted by Gasteiger charge is 2.28. The van der Waals surface area contributed by atoms with Crippen LogP contribution >= 0.6 is 11.3 Å². The maximum atomic E-state index is 12.6. The maximum Gasteiger partial charge on any atom is 0.420 e. The van der Waals surface area contributed by atoms with Crippen LogP contribution in [0.25, 0.3) is 0 Å². The molecule has 6 heteroatoms. The quantitative estimate of drug-likeness (QED) is 0.659. The zero-order valence-electron chi connectivity index (χ0n) is 13.5. The van der Waals surface area contributed by atoms with Crippen molar-refractivity contribution < 1.29 is 9.53 Å². The topological polar surface area (TPSA) is 79.4 Å². The van der Waals surface area contributed by atoms with Crippen molar-refractivity contribution in [1.29, 1.82) is 5.41 Å². The summed E-state index contributed by atoms with van der Waals surface area (Å²) in [6.45, 7) is 5.76. The Balaban J connectivity index is 2.42. The zero-order chi connectivity index (χ0) is 17.0. The first-order chi connectivity index (χ1) is 10.8. The van der Waals surface area contributed by atoms with Crippen LogP contribution < -0.4 is 10.6 Å². The van der Waals surface area contributed by atoms with Gasteiger partial charge in [0.1, 0.15) is 5.60 Å². The second-order valence-electron chi connectivity index (χ2n) is 6.02. The van der Waals surface area contributed by atoms with E-state index < -0.39 is 11.7 Å². The number of nitrogens with zero attached hydrogens (tertiary/aromatic N) is 1. The van der Waals surface area contributed by atoms with Crippen molar-refractivity contribution in [2.24, 2.45) is 5.73 Å². The van der Waals surface area contributed by atoms with E-state index in [9.17, 15) is 4.79 Å². The molecule has 0 radical (unpaired) electrons. The first-order valence-corrected chi connectivity index (χ1v) is 8.14. The fraction of sp³-hybridized carbons (Fsp3) is 0.294. The molecule has 0 fully saturated rings. The summed E-state index contributed by atoms with van der Waals surface area (Å²) in [5.41, 5.74) is 6.49. The van der Waals surface area contributed by atoms with E-state index in [1.165, 1.54) is 16.2 Å². The normalized spacial score (nSPS) is 11.1. The Kier molecular flexibility index (Phi) is 5.18. The van der Waals surface area contributed by atoms with Crippen molar-refractivity contribution in [3.8, 4) is 0 Å². The Morgan fingerprint density at radius 2 is 2.04 bits per heavy atom. The molecule has 3 N–H and O–H groups in total. The minimum atomic E-state index is -0.642. The number of amidine groups is 1. The van der Waals surface area contributed by atoms with Crippen LogP contribution in [0.4, 0.5) is 10.5 Å². The van der Waals surface area contributed by atoms with E-state index in [0.717, 1.165) is 5.56 Å². The van der Waals surface area contributed by atoms with Gasteiger partial charge in [0.25, 0.3) is 0 Å². The maximum absolute atomic E-state index is 12.6. The van der Waals surface area contributed by atoms with Gasteiger partial charge in [-0.1, -0.05) is 18.2 Å². The third-order valence-electron chi connectivity index (χ3n) is 2.96. The number of anilines is 1. The lowest BCUT2D eigenvalue weighted by atomic mass is 10.2. The van der Waals surface area contributed by atoms with Gasteiger partial charge in [0, 0.05) is 6.54 Å². The fourth-order valence-corrected chi connectivity index (χ4v) is 2.64. The predicted molar refractivity (Wildman–Crippen MR) is 94.2 cm³/mol. The van der Waals surface area contributed by atoms with E-state index in [2.05, 4.69) is 0 Å². The van der Waals surface area contributed by atoms with Gasteiger partial charge in [0.2, 0.25) is 0 Å². The molecule has 2 rings (SSSR count). The number of hydrogen-bond acceptors (Lipinski definition) is 5. The van der Waals surface area contributed by atoms with E-state index in [4.69, 9.17) is 15.9 Å². The fourth-order valence-electron chi connectivity index (χ4n) is 1.98. The van der Waals surface area contributed by atoms with Crippen molar-refractivity contribution in [3.05, 3.63) is 52.2 Å². The Morgan fingerprint density at radius 1 is 1.30 bits per heavy atom. The second kappa shape index (κ2) is 6.93. The molecule has 0 aliphatic rings. The third-order valence-corrected chi connectivity index (χ3v) is 3.84. The van der Waals surface area contributed by atoms with Gasteiger partial charge in [-0.15, -0.1) is 11.3 Å². The summed E-state index contributed by atoms with van der Waals surface area (Å²) < 4.78 is 5.47. The molecule has 1 amide bonds. The number of ether oxygens (including phenoxy) is 1. The summed E-state index contributed by atoms with van der Waals surface area (Å²) in [5.74, 6) is 0.0865. The molecule has 0 spiro atoms. The summed E-state index contributed by atoms with van der Waals surface area (Å²) in [6.07, 6.45) is -0.579. The Morgan fingerprint density at radius 3 is 2.61 bits per heavy atom. The van der Waals surface area contributed by atoms with Gasteiger partial charge in [-0.2, -0.15) is 0 Å². The molecule has 122 valence electrons. The molecule has 1 aromatic carbocycles. The number of amides is 1. The smallest absolute Gasteiger partial charge is 0.420 e. The van der Waals surface area contributed by atoms with Gasteiger partial charge >= 0.3 is 6.09 Å². The van der Waals surface area contributed by atoms with Crippen molar-refractivity contribution in [3.63, 3.8) is 0 Å². The minimum absolute atomic E-state index is 0.0865. The second-order valence-corrected chi connectivity index (χ2v) is 6.96. The number of hydrogen-bond donors (Lipinski definition) is 2. The van der Waals surface area contributed by atoms with Crippen molar-refractivity contribution in [2.75, 3.05) is 4.90 Å². The first kappa shape index (κ1) is 17.2. The molecular formula is C17H21N3O2S. The summed E-state index contributed by atoms with van der Waals surface area (Å²) in [5, 5.41) is 10.3. The van der Waals surface area contributed by atoms with E-state index in [0.29, 0.717) is 17.1 Å². The molecule has 1 heterocycles. The highest BCUT2D eigenvalue weighted by atomic mass is 32.1. The molecule has 0 saturated heterocycles. The van der Waals surface area contributed by atoms with Crippen LogP contribution in [0.15, 0.2) is 41.8 Å². The lowest BCUT2D eigenvalue weighted by Gasteiger charge is -2.27. The number of carbonyl (C=O) groups excluding carboxylic acids is 1. The number of nitrogens with two attached hydrogens (primary N) is 1. The molecule has 0 aliphatic heterocycles. The highest BCUT2D eigenvalue weighted by Crippen LogP contribution is 2.23. The van der Waals surface area contributed by atoms with Crippen molar-refractivity contribution in [1.82, 2.24) is 0 Å². The number of rotatable bonds is 3. The van der Waals surface area contributed by atoms with Gasteiger partial charge in [0.15, 0.2) is 5.84 Å². The highest BCUT2D eigenvalue weighted by molar-refractivity contribution is 7.12. The van der Waals surface area contributed by atoms with Gasteiger partial charge in [-0.05, 0) is 49.9 Å². The Bertz CT molecular complexity index is 690. The van der Waals surface area contributed by atoms with Crippen molar-refractivity contribution >= 4 is 29.0 Å². The van der Waals surface area contributed by atoms with Gasteiger partial charge in [0.05, 0.1) is 10.6 Å². The number of nitrogens with one attached hydrogen (secondary N) is 1. The monoisotopic (exact) mass is 331 g/mol. The van der Waals surface area contributed by atoms with E-state index >= 15 is 0 Å². The molecule has 5 nitrogen and oxygen atoms in total. The summed E-state index contributed by atoms with van der Waals surface area (Å²) in [4.78, 5) is 14.6. The van der Waals surface area contributed by atoms with E-state index in [1.807, 2.05) is 23.6 Å². The molecule has 0 bridgehead atoms. The average Bonchev–Trinajstić information content (AvgIpc) is 3.00. The Labute approximate surface area is 140 Å². The van der Waals surface area contributed by atoms with Crippen LogP contribution in [0.2, 0.25) is 0 Å². The molecule has 0 aliphatic carbocycles. The summed E-state index contributed by atoms with van der Waals surface area (Å²) in [7, 11) is 0. The number of carbonyl (C=O) groups is 1. The largest absolute Gasteiger partial charge is 0.443 e. The predicted octanol–water partition coefficient (Wildman–Crippen LogP) is 3.97. The Hall–Kier alpha value is -2.18. The molecule has 1 aromatic heterocycles. The van der Waals surface area contributed by atoms with Crippen LogP contribution in [0.1, 0.15) is 31.2 Å². The van der Waals surface area contributed by atoms with E-state index in [1.54, 1.807) is 39.0 Å². The number of benzene rings is 1. The minimum Gasteiger partial charge on any atom is -0.443 e. The first-order valence-electron chi connectivity index (χ1n) is 7.26. The summed E-state index contributed by atoms with van der Waals surface area (Å²) in [6, 6.07) is 10.9. The van der Waals surface area contributed by atoms with Crippen LogP contribution in [0, 0.1) is 5.41 Å². The lowest BCUT2D eigenvalue weighted by Crippen LogP contribution is -2.40. The average molecular weight is 331 g/mol. The number of thiophene rings is 1. The van der Waals surface area contributed by atoms with Crippen LogP contribution in [-0.4, -0.2) is 17.5 Å². The molecule has 0 saturated carbocycles. The standard InChI is InChI=1S/C17H21N3O2S/c1-17(2,3)22-16(21)20(15(19)14-8-5-9-23-14)13-7-4-6-12(10-13)11-18/h4-10,19H,11,18H2,1-3H3. The third kappa shape index (κ3) is 4.40. The molecule has 0 atom stereocenters. The SMILES string of the molecule is CC(C)(C)OC(=O)N(C(=N)c1cccs1)c1cccc(CN)c1. The lowest BCUT2D eigenvalue weighted by molar-refractivity contribution is 0.0604. The zero-order valence-corrected chi connectivity index (χ0v) is 14.3. The molecule has 0 unspecified atom stereocenters. The van der Waals surface area contributed by atoms with Crippen LogP contribution in [0.5, 0.6) is 0 Å².